The molecule has 2 aromatic carbocycles. The second-order valence-electron chi connectivity index (χ2n) is 9.70. The molecule has 9 heteroatoms. The molecule has 0 saturated carbocycles. The highest BCUT2D eigenvalue weighted by atomic mass is 35.5. The first kappa shape index (κ1) is 23.5. The summed E-state index contributed by atoms with van der Waals surface area (Å²) in [7, 11) is 1.21. The second kappa shape index (κ2) is 7.86. The van der Waals surface area contributed by atoms with Crippen molar-refractivity contribution in [1.82, 2.24) is 0 Å². The average Bonchev–Trinajstić information content (AvgIpc) is 3.06. The number of hydrogen-bond acceptors (Lipinski definition) is 6. The van der Waals surface area contributed by atoms with Gasteiger partial charge in [-0.05, 0) is 36.1 Å². The minimum absolute atomic E-state index is 0.0443. The van der Waals surface area contributed by atoms with Gasteiger partial charge < -0.3 is 15.8 Å². The van der Waals surface area contributed by atoms with Crippen LogP contribution in [0, 0.1) is 5.41 Å². The molecule has 1 spiro atoms. The Morgan fingerprint density at radius 1 is 1.11 bits per heavy atom. The Morgan fingerprint density at radius 3 is 2.54 bits per heavy atom. The molecule has 0 aromatic heterocycles. The van der Waals surface area contributed by atoms with Crippen molar-refractivity contribution in [2.75, 3.05) is 17.3 Å². The van der Waals surface area contributed by atoms with Gasteiger partial charge in [0.05, 0.1) is 17.8 Å². The van der Waals surface area contributed by atoms with Crippen molar-refractivity contribution in [3.05, 3.63) is 80.7 Å². The molecule has 180 valence electrons. The average molecular weight is 512 g/mol. The number of nitrogens with zero attached hydrogens (tertiary/aromatic N) is 1. The Labute approximate surface area is 212 Å². The van der Waals surface area contributed by atoms with Gasteiger partial charge >= 0.3 is 5.97 Å². The number of ether oxygens (including phenoxy) is 1. The van der Waals surface area contributed by atoms with Crippen molar-refractivity contribution < 1.29 is 19.1 Å². The van der Waals surface area contributed by atoms with Gasteiger partial charge in [0.15, 0.2) is 5.78 Å². The zero-order chi connectivity index (χ0) is 25.3. The molecule has 2 heterocycles. The molecule has 3 N–H and O–H groups in total. The summed E-state index contributed by atoms with van der Waals surface area (Å²) < 4.78 is 5.13. The Hall–Kier alpha value is -3.29. The number of carbonyl (C=O) groups excluding carboxylic acids is 3. The number of anilines is 2. The number of ketones is 1. The van der Waals surface area contributed by atoms with Crippen LogP contribution in [-0.4, -0.2) is 24.8 Å². The van der Waals surface area contributed by atoms with Gasteiger partial charge in [0.2, 0.25) is 5.91 Å². The predicted octanol–water partition coefficient (Wildman–Crippen LogP) is 4.69. The summed E-state index contributed by atoms with van der Waals surface area (Å²) in [6.07, 6.45) is 0.595. The molecule has 35 heavy (non-hydrogen) atoms. The van der Waals surface area contributed by atoms with E-state index in [1.807, 2.05) is 13.8 Å². The van der Waals surface area contributed by atoms with Crippen LogP contribution in [0.4, 0.5) is 11.4 Å². The highest BCUT2D eigenvalue weighted by Crippen LogP contribution is 2.57. The van der Waals surface area contributed by atoms with Gasteiger partial charge in [-0.1, -0.05) is 55.2 Å². The number of rotatable bonds is 2. The minimum Gasteiger partial charge on any atom is -0.466 e. The molecule has 3 aliphatic rings. The first-order valence-corrected chi connectivity index (χ1v) is 11.8. The lowest BCUT2D eigenvalue weighted by Crippen LogP contribution is -2.54. The van der Waals surface area contributed by atoms with E-state index < -0.39 is 22.7 Å². The summed E-state index contributed by atoms with van der Waals surface area (Å²) in [5, 5.41) is 3.56. The van der Waals surface area contributed by atoms with E-state index in [0.717, 1.165) is 0 Å². The van der Waals surface area contributed by atoms with E-state index in [9.17, 15) is 14.4 Å². The van der Waals surface area contributed by atoms with Crippen LogP contribution in [0.15, 0.2) is 65.1 Å². The van der Waals surface area contributed by atoms with Crippen molar-refractivity contribution >= 4 is 52.2 Å². The van der Waals surface area contributed by atoms with Crippen LogP contribution < -0.4 is 16.0 Å². The molecule has 2 aromatic rings. The summed E-state index contributed by atoms with van der Waals surface area (Å²) in [5.41, 5.74) is 6.51. The van der Waals surface area contributed by atoms with Crippen molar-refractivity contribution in [3.8, 4) is 0 Å². The van der Waals surface area contributed by atoms with Crippen molar-refractivity contribution in [1.29, 1.82) is 0 Å². The lowest BCUT2D eigenvalue weighted by Gasteiger charge is -2.47. The smallest absolute Gasteiger partial charge is 0.339 e. The SMILES string of the molecule is COC(=O)C1=C(N)N(c2cc(Cl)ccc2Cl)C2=C(C(=O)CC(C)(C)C2)C12C(=O)Nc1ccccc12. The quantitative estimate of drug-likeness (QED) is 0.567. The summed E-state index contributed by atoms with van der Waals surface area (Å²) >= 11 is 12.9. The van der Waals surface area contributed by atoms with E-state index in [4.69, 9.17) is 33.7 Å². The van der Waals surface area contributed by atoms with E-state index in [-0.39, 0.29) is 29.2 Å². The van der Waals surface area contributed by atoms with Crippen LogP contribution in [0.5, 0.6) is 0 Å². The fourth-order valence-corrected chi connectivity index (χ4v) is 5.89. The molecule has 0 bridgehead atoms. The molecule has 1 aliphatic carbocycles. The number of nitrogens with two attached hydrogens (primary N) is 1. The minimum atomic E-state index is -1.75. The van der Waals surface area contributed by atoms with Gasteiger partial charge in [0.1, 0.15) is 16.8 Å². The molecule has 0 radical (unpaired) electrons. The van der Waals surface area contributed by atoms with E-state index in [2.05, 4.69) is 5.32 Å². The summed E-state index contributed by atoms with van der Waals surface area (Å²) in [6.45, 7) is 3.94. The number of allylic oxidation sites excluding steroid dienone is 1. The maximum Gasteiger partial charge on any atom is 0.339 e. The number of methoxy groups -OCH3 is 1. The summed E-state index contributed by atoms with van der Waals surface area (Å²) in [5.74, 6) is -1.64. The molecule has 2 aliphatic heterocycles. The normalized spacial score (nSPS) is 22.8. The van der Waals surface area contributed by atoms with Crippen LogP contribution in [0.3, 0.4) is 0 Å². The topological polar surface area (TPSA) is 102 Å². The third-order valence-electron chi connectivity index (χ3n) is 6.83. The van der Waals surface area contributed by atoms with E-state index >= 15 is 0 Å². The summed E-state index contributed by atoms with van der Waals surface area (Å²) in [6, 6.07) is 11.8. The molecule has 1 unspecified atom stereocenters. The second-order valence-corrected chi connectivity index (χ2v) is 10.5. The number of nitrogens with one attached hydrogen (secondary N) is 1. The van der Waals surface area contributed by atoms with Crippen LogP contribution in [0.25, 0.3) is 0 Å². The Balaban J connectivity index is 1.95. The Bertz CT molecular complexity index is 1390. The first-order chi connectivity index (χ1) is 16.5. The van der Waals surface area contributed by atoms with Crippen molar-refractivity contribution in [2.24, 2.45) is 11.1 Å². The molecule has 5 rings (SSSR count). The Morgan fingerprint density at radius 2 is 1.83 bits per heavy atom. The molecular formula is C26H23Cl2N3O4. The summed E-state index contributed by atoms with van der Waals surface area (Å²) in [4.78, 5) is 42.7. The van der Waals surface area contributed by atoms with Crippen molar-refractivity contribution in [2.45, 2.75) is 32.1 Å². The molecule has 1 atom stereocenters. The number of benzene rings is 2. The van der Waals surface area contributed by atoms with Gasteiger partial charge in [-0.25, -0.2) is 4.79 Å². The number of Topliss-reactive ketones (excluding diaryl/α,β-unsaturated/α-hetero) is 1. The number of fused-ring (bicyclic) bond motifs is 3. The number of esters is 1. The van der Waals surface area contributed by atoms with Crippen LogP contribution in [-0.2, 0) is 24.5 Å². The van der Waals surface area contributed by atoms with Crippen LogP contribution >= 0.6 is 23.2 Å². The zero-order valence-corrected chi connectivity index (χ0v) is 20.9. The maximum absolute atomic E-state index is 13.9. The fourth-order valence-electron chi connectivity index (χ4n) is 5.52. The van der Waals surface area contributed by atoms with Gasteiger partial charge in [-0.2, -0.15) is 0 Å². The lowest BCUT2D eigenvalue weighted by molar-refractivity contribution is -0.138. The molecule has 1 amide bonds. The highest BCUT2D eigenvalue weighted by Gasteiger charge is 2.62. The third kappa shape index (κ3) is 3.22. The van der Waals surface area contributed by atoms with Gasteiger partial charge in [0.25, 0.3) is 0 Å². The largest absolute Gasteiger partial charge is 0.466 e. The molecule has 0 fully saturated rings. The standard InChI is InChI=1S/C26H23Cl2N3O4/c1-25(2)11-18-20(19(32)12-25)26(14-6-4-5-7-16(14)30-24(26)34)21(23(33)35-3)22(29)31(18)17-10-13(27)8-9-15(17)28/h4-10H,11-12,29H2,1-3H3,(H,30,34). The number of amides is 1. The monoisotopic (exact) mass is 511 g/mol. The Kier molecular flexibility index (Phi) is 5.27. The van der Waals surface area contributed by atoms with E-state index in [0.29, 0.717) is 39.1 Å². The van der Waals surface area contributed by atoms with Crippen LogP contribution in [0.2, 0.25) is 10.0 Å². The molecular weight excluding hydrogens is 489 g/mol. The lowest BCUT2D eigenvalue weighted by atomic mass is 9.60. The van der Waals surface area contributed by atoms with Crippen molar-refractivity contribution in [3.63, 3.8) is 0 Å². The van der Waals surface area contributed by atoms with Gasteiger partial charge in [-0.15, -0.1) is 0 Å². The number of carbonyl (C=O) groups is 3. The third-order valence-corrected chi connectivity index (χ3v) is 7.38. The number of para-hydroxylation sites is 1. The van der Waals surface area contributed by atoms with E-state index in [1.165, 1.54) is 7.11 Å². The first-order valence-electron chi connectivity index (χ1n) is 11.0. The van der Waals surface area contributed by atoms with Gasteiger partial charge in [-0.3, -0.25) is 14.5 Å². The number of hydrogen-bond donors (Lipinski definition) is 2. The van der Waals surface area contributed by atoms with E-state index in [1.54, 1.807) is 47.4 Å². The maximum atomic E-state index is 13.9. The van der Waals surface area contributed by atoms with Gasteiger partial charge in [0, 0.05) is 34.0 Å². The zero-order valence-electron chi connectivity index (χ0n) is 19.4. The highest BCUT2D eigenvalue weighted by molar-refractivity contribution is 6.35. The molecule has 7 nitrogen and oxygen atoms in total. The predicted molar refractivity (Wildman–Crippen MR) is 134 cm³/mol. The fraction of sp³-hybridized carbons (Fsp3) is 0.269. The number of halogens is 2. The van der Waals surface area contributed by atoms with Crippen LogP contribution in [0.1, 0.15) is 32.3 Å². The molecule has 0 saturated heterocycles.